The van der Waals surface area contributed by atoms with Crippen LogP contribution in [0.25, 0.3) is 0 Å². The van der Waals surface area contributed by atoms with Crippen molar-refractivity contribution in [3.8, 4) is 11.5 Å². The van der Waals surface area contributed by atoms with E-state index >= 15 is 0 Å². The number of hydrogen-bond donors (Lipinski definition) is 2. The normalized spacial score (nSPS) is 9.93. The van der Waals surface area contributed by atoms with Crippen LogP contribution in [0.1, 0.15) is 5.56 Å². The van der Waals surface area contributed by atoms with Crippen LogP contribution in [0, 0.1) is 0 Å². The molecule has 0 atom stereocenters. The van der Waals surface area contributed by atoms with Crippen LogP contribution in [0.2, 0.25) is 0 Å². The summed E-state index contributed by atoms with van der Waals surface area (Å²) in [6.45, 7) is 1.47. The molecule has 0 aliphatic heterocycles. The van der Waals surface area contributed by atoms with Gasteiger partial charge in [0.05, 0.1) is 7.11 Å². The molecule has 0 heterocycles. The lowest BCUT2D eigenvalue weighted by molar-refractivity contribution is 0.302. The lowest BCUT2D eigenvalue weighted by Gasteiger charge is -2.10. The Labute approximate surface area is 83.8 Å². The van der Waals surface area contributed by atoms with Gasteiger partial charge in [0.2, 0.25) is 0 Å². The molecule has 4 N–H and O–H groups in total. The third-order valence-electron chi connectivity index (χ3n) is 1.84. The average molecular weight is 196 g/mol. The molecule has 0 aliphatic rings. The smallest absolute Gasteiger partial charge is 0.161 e. The summed E-state index contributed by atoms with van der Waals surface area (Å²) in [5.74, 6) is 1.40. The standard InChI is InChI=1S/C10H16N2O2/c1-13-10-6-8(7-12)2-3-9(10)14-5-4-11/h2-3,6H,4-5,7,11-12H2,1H3. The minimum Gasteiger partial charge on any atom is -0.493 e. The number of methoxy groups -OCH3 is 1. The Hall–Kier alpha value is -1.26. The summed E-state index contributed by atoms with van der Waals surface area (Å²) in [4.78, 5) is 0. The van der Waals surface area contributed by atoms with E-state index in [4.69, 9.17) is 20.9 Å². The fraction of sp³-hybridized carbons (Fsp3) is 0.400. The summed E-state index contributed by atoms with van der Waals surface area (Å²) in [7, 11) is 1.60. The van der Waals surface area contributed by atoms with E-state index in [1.165, 1.54) is 0 Å². The van der Waals surface area contributed by atoms with Crippen molar-refractivity contribution in [1.82, 2.24) is 0 Å². The number of nitrogens with two attached hydrogens (primary N) is 2. The third-order valence-corrected chi connectivity index (χ3v) is 1.84. The van der Waals surface area contributed by atoms with Gasteiger partial charge in [0.15, 0.2) is 11.5 Å². The molecule has 0 radical (unpaired) electrons. The van der Waals surface area contributed by atoms with Crippen molar-refractivity contribution >= 4 is 0 Å². The van der Waals surface area contributed by atoms with Gasteiger partial charge >= 0.3 is 0 Å². The average Bonchev–Trinajstić information content (AvgIpc) is 2.26. The highest BCUT2D eigenvalue weighted by Crippen LogP contribution is 2.27. The maximum absolute atomic E-state index is 5.51. The van der Waals surface area contributed by atoms with E-state index in [1.54, 1.807) is 7.11 Å². The summed E-state index contributed by atoms with van der Waals surface area (Å²) >= 11 is 0. The van der Waals surface area contributed by atoms with Crippen LogP contribution in [-0.2, 0) is 6.54 Å². The molecular weight excluding hydrogens is 180 g/mol. The molecule has 0 spiro atoms. The van der Waals surface area contributed by atoms with Gasteiger partial charge in [0, 0.05) is 13.1 Å². The highest BCUT2D eigenvalue weighted by molar-refractivity contribution is 5.42. The number of benzene rings is 1. The Morgan fingerprint density at radius 3 is 2.57 bits per heavy atom. The van der Waals surface area contributed by atoms with Gasteiger partial charge in [-0.25, -0.2) is 0 Å². The second kappa shape index (κ2) is 5.47. The van der Waals surface area contributed by atoms with Crippen LogP contribution >= 0.6 is 0 Å². The van der Waals surface area contributed by atoms with Gasteiger partial charge in [-0.2, -0.15) is 0 Å². The first-order valence-electron chi connectivity index (χ1n) is 4.51. The van der Waals surface area contributed by atoms with Crippen LogP contribution in [0.3, 0.4) is 0 Å². The van der Waals surface area contributed by atoms with Crippen LogP contribution in [0.5, 0.6) is 11.5 Å². The van der Waals surface area contributed by atoms with Gasteiger partial charge in [0.25, 0.3) is 0 Å². The van der Waals surface area contributed by atoms with E-state index in [0.717, 1.165) is 5.56 Å². The minimum absolute atomic E-state index is 0.484. The molecule has 0 amide bonds. The molecule has 1 aromatic rings. The molecule has 1 rings (SSSR count). The van der Waals surface area contributed by atoms with Crippen LogP contribution < -0.4 is 20.9 Å². The van der Waals surface area contributed by atoms with Crippen molar-refractivity contribution < 1.29 is 9.47 Å². The molecule has 1 aromatic carbocycles. The summed E-state index contributed by atoms with van der Waals surface area (Å²) in [5.41, 5.74) is 11.9. The SMILES string of the molecule is COc1cc(CN)ccc1OCCN. The van der Waals surface area contributed by atoms with Crippen LogP contribution in [0.15, 0.2) is 18.2 Å². The van der Waals surface area contributed by atoms with E-state index in [0.29, 0.717) is 31.2 Å². The van der Waals surface area contributed by atoms with Gasteiger partial charge in [-0.1, -0.05) is 6.07 Å². The van der Waals surface area contributed by atoms with Gasteiger partial charge in [-0.05, 0) is 17.7 Å². The largest absolute Gasteiger partial charge is 0.493 e. The van der Waals surface area contributed by atoms with Crippen LogP contribution in [-0.4, -0.2) is 20.3 Å². The van der Waals surface area contributed by atoms with Crippen LogP contribution in [0.4, 0.5) is 0 Å². The zero-order chi connectivity index (χ0) is 10.4. The Morgan fingerprint density at radius 1 is 1.21 bits per heavy atom. The zero-order valence-electron chi connectivity index (χ0n) is 8.32. The van der Waals surface area contributed by atoms with Gasteiger partial charge in [0.1, 0.15) is 6.61 Å². The van der Waals surface area contributed by atoms with E-state index in [1.807, 2.05) is 18.2 Å². The summed E-state index contributed by atoms with van der Waals surface area (Å²) in [5, 5.41) is 0. The third kappa shape index (κ3) is 2.61. The second-order valence-corrected chi connectivity index (χ2v) is 2.83. The molecule has 14 heavy (non-hydrogen) atoms. The Balaban J connectivity index is 2.82. The van der Waals surface area contributed by atoms with E-state index < -0.39 is 0 Å². The first-order chi connectivity index (χ1) is 6.81. The molecule has 0 saturated heterocycles. The van der Waals surface area contributed by atoms with E-state index in [2.05, 4.69) is 0 Å². The van der Waals surface area contributed by atoms with Crippen molar-refractivity contribution in [2.24, 2.45) is 11.5 Å². The lowest BCUT2D eigenvalue weighted by atomic mass is 10.2. The molecular formula is C10H16N2O2. The zero-order valence-corrected chi connectivity index (χ0v) is 8.32. The second-order valence-electron chi connectivity index (χ2n) is 2.83. The van der Waals surface area contributed by atoms with E-state index in [-0.39, 0.29) is 0 Å². The first-order valence-corrected chi connectivity index (χ1v) is 4.51. The topological polar surface area (TPSA) is 70.5 Å². The molecule has 0 bridgehead atoms. The maximum atomic E-state index is 5.51. The van der Waals surface area contributed by atoms with Crippen molar-refractivity contribution in [2.75, 3.05) is 20.3 Å². The lowest BCUT2D eigenvalue weighted by Crippen LogP contribution is -2.11. The van der Waals surface area contributed by atoms with E-state index in [9.17, 15) is 0 Å². The minimum atomic E-state index is 0.484. The molecule has 0 saturated carbocycles. The molecule has 0 unspecified atom stereocenters. The molecule has 0 fully saturated rings. The first kappa shape index (κ1) is 10.8. The number of hydrogen-bond acceptors (Lipinski definition) is 4. The highest BCUT2D eigenvalue weighted by Gasteiger charge is 2.04. The number of ether oxygens (including phenoxy) is 2. The summed E-state index contributed by atoms with van der Waals surface area (Å²) in [6.07, 6.45) is 0. The Morgan fingerprint density at radius 2 is 2.00 bits per heavy atom. The predicted molar refractivity (Wildman–Crippen MR) is 55.4 cm³/mol. The highest BCUT2D eigenvalue weighted by atomic mass is 16.5. The van der Waals surface area contributed by atoms with Crippen molar-refractivity contribution in [3.63, 3.8) is 0 Å². The van der Waals surface area contributed by atoms with Gasteiger partial charge < -0.3 is 20.9 Å². The fourth-order valence-electron chi connectivity index (χ4n) is 1.13. The Kier molecular flexibility index (Phi) is 4.22. The van der Waals surface area contributed by atoms with Crippen molar-refractivity contribution in [3.05, 3.63) is 23.8 Å². The Bertz CT molecular complexity index is 289. The molecule has 4 heteroatoms. The van der Waals surface area contributed by atoms with Gasteiger partial charge in [-0.3, -0.25) is 0 Å². The fourth-order valence-corrected chi connectivity index (χ4v) is 1.13. The quantitative estimate of drug-likeness (QED) is 0.719. The summed E-state index contributed by atoms with van der Waals surface area (Å²) < 4.78 is 10.5. The van der Waals surface area contributed by atoms with Crippen molar-refractivity contribution in [2.45, 2.75) is 6.54 Å². The monoisotopic (exact) mass is 196 g/mol. The molecule has 4 nitrogen and oxygen atoms in total. The molecule has 0 aliphatic carbocycles. The maximum Gasteiger partial charge on any atom is 0.161 e. The molecule has 0 aromatic heterocycles. The van der Waals surface area contributed by atoms with Crippen molar-refractivity contribution in [1.29, 1.82) is 0 Å². The molecule has 78 valence electrons. The van der Waals surface area contributed by atoms with Gasteiger partial charge in [-0.15, -0.1) is 0 Å². The number of rotatable bonds is 5. The summed E-state index contributed by atoms with van der Waals surface area (Å²) in [6, 6.07) is 5.62. The predicted octanol–water partition coefficient (Wildman–Crippen LogP) is 0.491.